The molecular formula is C17H18FNOS. The van der Waals surface area contributed by atoms with Crippen molar-refractivity contribution in [2.24, 2.45) is 0 Å². The smallest absolute Gasteiger partial charge is 0.165 e. The molecule has 1 heterocycles. The van der Waals surface area contributed by atoms with Crippen LogP contribution < -0.4 is 10.1 Å². The molecule has 0 saturated heterocycles. The van der Waals surface area contributed by atoms with Crippen molar-refractivity contribution < 1.29 is 9.13 Å². The number of halogens is 1. The Balaban J connectivity index is 1.74. The van der Waals surface area contributed by atoms with Crippen LogP contribution in [0.2, 0.25) is 0 Å². The topological polar surface area (TPSA) is 21.3 Å². The zero-order chi connectivity index (χ0) is 14.7. The molecule has 1 aliphatic heterocycles. The van der Waals surface area contributed by atoms with Crippen LogP contribution in [-0.4, -0.2) is 19.4 Å². The Morgan fingerprint density at radius 1 is 1.24 bits per heavy atom. The van der Waals surface area contributed by atoms with E-state index in [9.17, 15) is 4.39 Å². The second-order valence-electron chi connectivity index (χ2n) is 5.12. The van der Waals surface area contributed by atoms with Gasteiger partial charge in [-0.3, -0.25) is 0 Å². The summed E-state index contributed by atoms with van der Waals surface area (Å²) in [6, 6.07) is 13.4. The third-order valence-corrected chi connectivity index (χ3v) is 4.90. The molecule has 1 atom stereocenters. The summed E-state index contributed by atoms with van der Waals surface area (Å²) in [5.74, 6) is 1.41. The summed E-state index contributed by atoms with van der Waals surface area (Å²) in [4.78, 5) is 1.31. The van der Waals surface area contributed by atoms with Gasteiger partial charge in [-0.1, -0.05) is 30.3 Å². The fourth-order valence-electron chi connectivity index (χ4n) is 2.60. The van der Waals surface area contributed by atoms with Gasteiger partial charge in [0.1, 0.15) is 0 Å². The van der Waals surface area contributed by atoms with Crippen molar-refractivity contribution in [2.45, 2.75) is 17.4 Å². The molecule has 1 aliphatic rings. The van der Waals surface area contributed by atoms with Crippen molar-refractivity contribution >= 4 is 11.8 Å². The zero-order valence-corrected chi connectivity index (χ0v) is 12.8. The highest BCUT2D eigenvalue weighted by Crippen LogP contribution is 2.39. The lowest BCUT2D eigenvalue weighted by Crippen LogP contribution is -2.13. The number of hydrogen-bond acceptors (Lipinski definition) is 3. The van der Waals surface area contributed by atoms with Crippen molar-refractivity contribution in [1.82, 2.24) is 5.32 Å². The minimum atomic E-state index is -0.290. The normalized spacial score (nSPS) is 16.8. The van der Waals surface area contributed by atoms with Gasteiger partial charge in [0.2, 0.25) is 0 Å². The van der Waals surface area contributed by atoms with Gasteiger partial charge in [-0.15, -0.1) is 11.8 Å². The van der Waals surface area contributed by atoms with E-state index in [4.69, 9.17) is 4.74 Å². The molecule has 0 fully saturated rings. The maximum absolute atomic E-state index is 14.0. The quantitative estimate of drug-likeness (QED) is 0.907. The third-order valence-electron chi connectivity index (χ3n) is 3.64. The Hall–Kier alpha value is -1.52. The maximum Gasteiger partial charge on any atom is 0.165 e. The van der Waals surface area contributed by atoms with Crippen LogP contribution in [0.4, 0.5) is 4.39 Å². The lowest BCUT2D eigenvalue weighted by Gasteiger charge is -2.16. The number of rotatable bonds is 5. The van der Waals surface area contributed by atoms with Gasteiger partial charge in [0.05, 0.1) is 6.61 Å². The second kappa shape index (κ2) is 6.50. The molecule has 2 aromatic rings. The van der Waals surface area contributed by atoms with Gasteiger partial charge < -0.3 is 10.1 Å². The zero-order valence-electron chi connectivity index (χ0n) is 11.9. The maximum atomic E-state index is 14.0. The van der Waals surface area contributed by atoms with Gasteiger partial charge in [-0.2, -0.15) is 0 Å². The molecule has 3 rings (SSSR count). The molecule has 0 bridgehead atoms. The van der Waals surface area contributed by atoms with Crippen LogP contribution in [0.5, 0.6) is 5.75 Å². The van der Waals surface area contributed by atoms with Gasteiger partial charge in [0, 0.05) is 28.7 Å². The summed E-state index contributed by atoms with van der Waals surface area (Å²) in [7, 11) is 1.85. The summed E-state index contributed by atoms with van der Waals surface area (Å²) >= 11 is 1.84. The number of ether oxygens (including phenoxy) is 1. The first-order valence-electron chi connectivity index (χ1n) is 7.06. The molecule has 0 radical (unpaired) electrons. The first-order valence-corrected chi connectivity index (χ1v) is 8.04. The lowest BCUT2D eigenvalue weighted by molar-refractivity contribution is 0.280. The molecule has 1 N–H and O–H groups in total. The Bertz CT molecular complexity index is 632. The summed E-state index contributed by atoms with van der Waals surface area (Å²) in [6.07, 6.45) is 0. The fraction of sp³-hybridized carbons (Fsp3) is 0.294. The first-order chi connectivity index (χ1) is 10.3. The summed E-state index contributed by atoms with van der Waals surface area (Å²) in [5.41, 5.74) is 2.17. The molecule has 21 heavy (non-hydrogen) atoms. The van der Waals surface area contributed by atoms with Gasteiger partial charge >= 0.3 is 0 Å². The minimum absolute atomic E-state index is 0.290. The van der Waals surface area contributed by atoms with Crippen LogP contribution in [0, 0.1) is 5.82 Å². The minimum Gasteiger partial charge on any atom is -0.490 e. The Kier molecular flexibility index (Phi) is 4.46. The largest absolute Gasteiger partial charge is 0.490 e. The van der Waals surface area contributed by atoms with Crippen LogP contribution in [0.15, 0.2) is 47.4 Å². The molecule has 0 aliphatic carbocycles. The van der Waals surface area contributed by atoms with Crippen molar-refractivity contribution in [3.8, 4) is 5.75 Å². The van der Waals surface area contributed by atoms with E-state index in [2.05, 4.69) is 23.5 Å². The monoisotopic (exact) mass is 303 g/mol. The van der Waals surface area contributed by atoms with Gasteiger partial charge in [0.15, 0.2) is 11.6 Å². The average Bonchev–Trinajstić information content (AvgIpc) is 2.90. The molecule has 1 unspecified atom stereocenters. The Morgan fingerprint density at radius 2 is 2.10 bits per heavy atom. The summed E-state index contributed by atoms with van der Waals surface area (Å²) in [5, 5.41) is 3.04. The number of para-hydroxylation sites is 1. The highest BCUT2D eigenvalue weighted by atomic mass is 32.2. The van der Waals surface area contributed by atoms with Crippen molar-refractivity contribution in [3.63, 3.8) is 0 Å². The summed E-state index contributed by atoms with van der Waals surface area (Å²) < 4.78 is 19.8. The van der Waals surface area contributed by atoms with E-state index in [1.54, 1.807) is 6.07 Å². The van der Waals surface area contributed by atoms with Crippen LogP contribution >= 0.6 is 11.8 Å². The molecule has 0 amide bonds. The Labute approximate surface area is 128 Å². The van der Waals surface area contributed by atoms with Crippen LogP contribution in [-0.2, 0) is 6.54 Å². The van der Waals surface area contributed by atoms with E-state index in [1.165, 1.54) is 16.5 Å². The van der Waals surface area contributed by atoms with E-state index >= 15 is 0 Å². The van der Waals surface area contributed by atoms with E-state index < -0.39 is 0 Å². The number of hydrogen-bond donors (Lipinski definition) is 1. The highest BCUT2D eigenvalue weighted by molar-refractivity contribution is 7.99. The summed E-state index contributed by atoms with van der Waals surface area (Å²) in [6.45, 7) is 1.12. The van der Waals surface area contributed by atoms with E-state index in [0.29, 0.717) is 24.8 Å². The molecule has 0 aromatic heterocycles. The number of fused-ring (bicyclic) bond motifs is 1. The molecule has 0 spiro atoms. The molecule has 0 saturated carbocycles. The number of nitrogens with one attached hydrogen (secondary N) is 1. The van der Waals surface area contributed by atoms with Crippen LogP contribution in [0.1, 0.15) is 17.0 Å². The van der Waals surface area contributed by atoms with Crippen molar-refractivity contribution in [2.75, 3.05) is 19.4 Å². The van der Waals surface area contributed by atoms with Gasteiger partial charge in [0.25, 0.3) is 0 Å². The predicted molar refractivity (Wildman–Crippen MR) is 84.6 cm³/mol. The lowest BCUT2D eigenvalue weighted by atomic mass is 10.0. The molecular weight excluding hydrogens is 285 g/mol. The van der Waals surface area contributed by atoms with Crippen molar-refractivity contribution in [3.05, 3.63) is 59.4 Å². The third kappa shape index (κ3) is 3.06. The molecule has 110 valence electrons. The Morgan fingerprint density at radius 3 is 2.95 bits per heavy atom. The number of benzene rings is 2. The number of thioether (sulfide) groups is 1. The molecule has 2 aromatic carbocycles. The average molecular weight is 303 g/mol. The standard InChI is InChI=1S/C17H18FNOS/c1-19-9-12-5-4-7-15(18)17(12)20-10-13-11-21-16-8-3-2-6-14(13)16/h2-8,13,19H,9-11H2,1H3. The first kappa shape index (κ1) is 14.4. The van der Waals surface area contributed by atoms with E-state index in [-0.39, 0.29) is 5.82 Å². The van der Waals surface area contributed by atoms with Gasteiger partial charge in [-0.05, 0) is 24.7 Å². The van der Waals surface area contributed by atoms with Crippen LogP contribution in [0.25, 0.3) is 0 Å². The van der Waals surface area contributed by atoms with Crippen LogP contribution in [0.3, 0.4) is 0 Å². The van der Waals surface area contributed by atoms with Crippen molar-refractivity contribution in [1.29, 1.82) is 0 Å². The predicted octanol–water partition coefficient (Wildman–Crippen LogP) is 3.81. The molecule has 2 nitrogen and oxygen atoms in total. The van der Waals surface area contributed by atoms with Gasteiger partial charge in [-0.25, -0.2) is 4.39 Å². The van der Waals surface area contributed by atoms with E-state index in [0.717, 1.165) is 11.3 Å². The highest BCUT2D eigenvalue weighted by Gasteiger charge is 2.24. The SMILES string of the molecule is CNCc1cccc(F)c1OCC1CSc2ccccc21. The second-order valence-corrected chi connectivity index (χ2v) is 6.18. The van der Waals surface area contributed by atoms with E-state index in [1.807, 2.05) is 30.9 Å². The fourth-order valence-corrected chi connectivity index (χ4v) is 3.83. The molecule has 4 heteroatoms.